The lowest BCUT2D eigenvalue weighted by Crippen LogP contribution is -2.49. The molecule has 6 heteroatoms. The Bertz CT molecular complexity index is 603. The first-order chi connectivity index (χ1) is 11.3. The Morgan fingerprint density at radius 1 is 1.29 bits per heavy atom. The fourth-order valence-electron chi connectivity index (χ4n) is 2.60. The molecule has 0 unspecified atom stereocenters. The van der Waals surface area contributed by atoms with Gasteiger partial charge in [-0.3, -0.25) is 4.79 Å². The second-order valence-corrected chi connectivity index (χ2v) is 7.15. The van der Waals surface area contributed by atoms with Gasteiger partial charge in [-0.1, -0.05) is 29.8 Å². The summed E-state index contributed by atoms with van der Waals surface area (Å²) in [5, 5.41) is 8.97. The zero-order valence-electron chi connectivity index (χ0n) is 14.7. The first-order valence-corrected chi connectivity index (χ1v) is 8.23. The molecule has 1 aromatic rings. The summed E-state index contributed by atoms with van der Waals surface area (Å²) in [5.74, 6) is -0.298. The number of nitriles is 1. The molecule has 1 saturated heterocycles. The second kappa shape index (κ2) is 7.82. The van der Waals surface area contributed by atoms with Gasteiger partial charge in [0.1, 0.15) is 5.60 Å². The van der Waals surface area contributed by atoms with Crippen LogP contribution >= 0.6 is 0 Å². The number of benzene rings is 1. The molecule has 0 aliphatic carbocycles. The molecule has 0 bridgehead atoms. The van der Waals surface area contributed by atoms with E-state index in [9.17, 15) is 4.79 Å². The Morgan fingerprint density at radius 3 is 2.50 bits per heavy atom. The van der Waals surface area contributed by atoms with Crippen molar-refractivity contribution in [1.29, 1.82) is 5.26 Å². The molecule has 0 spiro atoms. The molecule has 0 radical (unpaired) electrons. The normalized spacial score (nSPS) is 21.2. The van der Waals surface area contributed by atoms with Crippen LogP contribution in [-0.4, -0.2) is 30.9 Å². The summed E-state index contributed by atoms with van der Waals surface area (Å²) in [7, 11) is -0.565. The summed E-state index contributed by atoms with van der Waals surface area (Å²) in [6, 6.07) is 9.99. The zero-order chi connectivity index (χ0) is 17.7. The van der Waals surface area contributed by atoms with Gasteiger partial charge >= 0.3 is 13.1 Å². The maximum absolute atomic E-state index is 12.1. The molecule has 0 saturated carbocycles. The zero-order valence-corrected chi connectivity index (χ0v) is 14.7. The molecule has 24 heavy (non-hydrogen) atoms. The third-order valence-electron chi connectivity index (χ3n) is 3.64. The topological polar surface area (TPSA) is 68.5 Å². The van der Waals surface area contributed by atoms with E-state index in [-0.39, 0.29) is 31.0 Å². The van der Waals surface area contributed by atoms with Crippen LogP contribution in [0.25, 0.3) is 0 Å². The SMILES string of the molecule is Cc1ccc(B2O[C@@H](CC#N)C[C@H](CC(=O)OC(C)(C)C)O2)cc1. The number of nitrogens with zero attached hydrogens (tertiary/aromatic N) is 1. The van der Waals surface area contributed by atoms with E-state index in [0.717, 1.165) is 11.0 Å². The fourth-order valence-corrected chi connectivity index (χ4v) is 2.60. The van der Waals surface area contributed by atoms with Crippen LogP contribution in [0, 0.1) is 18.3 Å². The second-order valence-electron chi connectivity index (χ2n) is 7.15. The van der Waals surface area contributed by atoms with Gasteiger partial charge in [0.15, 0.2) is 0 Å². The van der Waals surface area contributed by atoms with E-state index in [4.69, 9.17) is 19.3 Å². The first-order valence-electron chi connectivity index (χ1n) is 8.23. The lowest BCUT2D eigenvalue weighted by molar-refractivity contribution is -0.157. The molecule has 5 nitrogen and oxygen atoms in total. The highest BCUT2D eigenvalue weighted by Crippen LogP contribution is 2.22. The number of hydrogen-bond acceptors (Lipinski definition) is 5. The molecule has 1 aromatic carbocycles. The molecule has 0 aromatic heterocycles. The van der Waals surface area contributed by atoms with Crippen molar-refractivity contribution in [2.45, 2.75) is 64.8 Å². The fraction of sp³-hybridized carbons (Fsp3) is 0.556. The van der Waals surface area contributed by atoms with Gasteiger partial charge in [0.05, 0.1) is 31.1 Å². The highest BCUT2D eigenvalue weighted by Gasteiger charge is 2.36. The Hall–Kier alpha value is -1.84. The minimum absolute atomic E-state index is 0.158. The van der Waals surface area contributed by atoms with Crippen molar-refractivity contribution in [2.24, 2.45) is 0 Å². The number of hydrogen-bond donors (Lipinski definition) is 0. The first kappa shape index (κ1) is 18.5. The van der Waals surface area contributed by atoms with Gasteiger partial charge in [0.25, 0.3) is 0 Å². The highest BCUT2D eigenvalue weighted by atomic mass is 16.6. The summed E-state index contributed by atoms with van der Waals surface area (Å²) in [6.07, 6.45) is 0.372. The van der Waals surface area contributed by atoms with Crippen molar-refractivity contribution in [1.82, 2.24) is 0 Å². The maximum Gasteiger partial charge on any atom is 0.494 e. The molecule has 1 heterocycles. The molecule has 2 rings (SSSR count). The number of carbonyl (C=O) groups excluding carboxylic acids is 1. The van der Waals surface area contributed by atoms with E-state index >= 15 is 0 Å². The van der Waals surface area contributed by atoms with Crippen molar-refractivity contribution in [2.75, 3.05) is 0 Å². The van der Waals surface area contributed by atoms with Gasteiger partial charge in [-0.2, -0.15) is 5.26 Å². The Kier molecular flexibility index (Phi) is 6.03. The van der Waals surface area contributed by atoms with E-state index in [2.05, 4.69) is 6.07 Å². The van der Waals surface area contributed by atoms with E-state index in [1.165, 1.54) is 0 Å². The van der Waals surface area contributed by atoms with Gasteiger partial charge in [-0.05, 0) is 39.6 Å². The van der Waals surface area contributed by atoms with Crippen molar-refractivity contribution in [3.63, 3.8) is 0 Å². The van der Waals surface area contributed by atoms with Crippen molar-refractivity contribution in [3.8, 4) is 6.07 Å². The summed E-state index contributed by atoms with van der Waals surface area (Å²) >= 11 is 0. The maximum atomic E-state index is 12.1. The van der Waals surface area contributed by atoms with Crippen molar-refractivity contribution in [3.05, 3.63) is 29.8 Å². The third-order valence-corrected chi connectivity index (χ3v) is 3.64. The molecular weight excluding hydrogens is 305 g/mol. The van der Waals surface area contributed by atoms with Crippen LogP contribution in [0.4, 0.5) is 0 Å². The Balaban J connectivity index is 2.06. The summed E-state index contributed by atoms with van der Waals surface area (Å²) < 4.78 is 17.2. The van der Waals surface area contributed by atoms with E-state index in [1.54, 1.807) is 0 Å². The van der Waals surface area contributed by atoms with Crippen LogP contribution in [0.5, 0.6) is 0 Å². The van der Waals surface area contributed by atoms with E-state index in [1.807, 2.05) is 52.0 Å². The summed E-state index contributed by atoms with van der Waals surface area (Å²) in [4.78, 5) is 12.1. The van der Waals surface area contributed by atoms with Gasteiger partial charge in [0, 0.05) is 0 Å². The molecule has 0 amide bonds. The molecule has 1 fully saturated rings. The largest absolute Gasteiger partial charge is 0.494 e. The average molecular weight is 329 g/mol. The Morgan fingerprint density at radius 2 is 1.92 bits per heavy atom. The lowest BCUT2D eigenvalue weighted by atomic mass is 9.76. The number of rotatable bonds is 4. The molecule has 128 valence electrons. The van der Waals surface area contributed by atoms with Crippen LogP contribution in [0.1, 0.15) is 45.6 Å². The van der Waals surface area contributed by atoms with Crippen LogP contribution < -0.4 is 5.46 Å². The van der Waals surface area contributed by atoms with E-state index < -0.39 is 12.7 Å². The van der Waals surface area contributed by atoms with Gasteiger partial charge < -0.3 is 14.0 Å². The molecule has 1 aliphatic heterocycles. The van der Waals surface area contributed by atoms with Gasteiger partial charge in [-0.15, -0.1) is 0 Å². The quantitative estimate of drug-likeness (QED) is 0.627. The number of aryl methyl sites for hydroxylation is 1. The lowest BCUT2D eigenvalue weighted by Gasteiger charge is -2.33. The van der Waals surface area contributed by atoms with Crippen LogP contribution in [0.2, 0.25) is 0 Å². The van der Waals surface area contributed by atoms with Crippen molar-refractivity contribution < 1.29 is 18.8 Å². The number of esters is 1. The van der Waals surface area contributed by atoms with Gasteiger partial charge in [-0.25, -0.2) is 0 Å². The minimum Gasteiger partial charge on any atom is -0.460 e. The highest BCUT2D eigenvalue weighted by molar-refractivity contribution is 6.61. The minimum atomic E-state index is -0.565. The summed E-state index contributed by atoms with van der Waals surface area (Å²) in [5.41, 5.74) is 1.51. The predicted octanol–water partition coefficient (Wildman–Crippen LogP) is 2.51. The molecule has 2 atom stereocenters. The number of ether oxygens (including phenoxy) is 1. The molecular formula is C18H24BNO4. The monoisotopic (exact) mass is 329 g/mol. The van der Waals surface area contributed by atoms with Crippen molar-refractivity contribution >= 4 is 18.6 Å². The van der Waals surface area contributed by atoms with Gasteiger partial charge in [0.2, 0.25) is 0 Å². The standard InChI is InChI=1S/C18H24BNO4/c1-13-5-7-14(8-6-13)19-23-15(9-10-20)11-16(24-19)12-17(21)22-18(2,3)4/h5-8,15-16H,9,11-12H2,1-4H3/t15-,16+/m0/s1. The number of carbonyl (C=O) groups is 1. The van der Waals surface area contributed by atoms with Crippen LogP contribution in [0.15, 0.2) is 24.3 Å². The third kappa shape index (κ3) is 5.66. The molecule has 0 N–H and O–H groups in total. The molecule has 1 aliphatic rings. The van der Waals surface area contributed by atoms with E-state index in [0.29, 0.717) is 6.42 Å². The predicted molar refractivity (Wildman–Crippen MR) is 91.6 cm³/mol. The van der Waals surface area contributed by atoms with Crippen LogP contribution in [0.3, 0.4) is 0 Å². The average Bonchev–Trinajstić information content (AvgIpc) is 2.46. The van der Waals surface area contributed by atoms with Crippen LogP contribution in [-0.2, 0) is 18.8 Å². The Labute approximate surface area is 144 Å². The summed E-state index contributed by atoms with van der Waals surface area (Å²) in [6.45, 7) is 7.52. The smallest absolute Gasteiger partial charge is 0.460 e.